The molecule has 4 aromatic heterocycles. The number of unbranched alkanes of at least 4 members (excludes halogenated alkanes) is 1. The third kappa shape index (κ3) is 6.56. The Bertz CT molecular complexity index is 2210. The van der Waals surface area contributed by atoms with E-state index >= 15 is 0 Å². The van der Waals surface area contributed by atoms with Gasteiger partial charge in [0.25, 0.3) is 0 Å². The van der Waals surface area contributed by atoms with Gasteiger partial charge >= 0.3 is 6.03 Å². The molecule has 2 amide bonds. The van der Waals surface area contributed by atoms with Crippen molar-refractivity contribution in [3.8, 4) is 23.2 Å². The summed E-state index contributed by atoms with van der Waals surface area (Å²) in [6.45, 7) is 2.13. The van der Waals surface area contributed by atoms with Gasteiger partial charge in [-0.15, -0.1) is 0 Å². The number of benzene rings is 3. The van der Waals surface area contributed by atoms with Crippen LogP contribution < -0.4 is 25.4 Å². The molecule has 13 heteroatoms. The van der Waals surface area contributed by atoms with Crippen molar-refractivity contribution >= 4 is 50.8 Å². The molecule has 0 unspecified atom stereocenters. The summed E-state index contributed by atoms with van der Waals surface area (Å²) in [5.74, 6) is 2.33. The Balaban J connectivity index is 1.09. The standard InChI is InChI=1S/C35H32N10O3/c1-3-4-7-24-19-31(45(44-24)25-11-15-32(47-2)37-21-25)41-35(46)40-29-13-14-30(27-9-6-5-8-26(27)29)48-33-16-17-36-34(42-33)39-23-10-12-28-22(18-23)20-38-43-28/h5-6,8-21H,3-4,7H2,1-2H3,(H,38,43)(H,36,39,42)(H2,40,41,46). The van der Waals surface area contributed by atoms with Crippen LogP contribution in [-0.2, 0) is 6.42 Å². The van der Waals surface area contributed by atoms with E-state index in [0.717, 1.165) is 52.3 Å². The fraction of sp³-hybridized carbons (Fsp3) is 0.143. The van der Waals surface area contributed by atoms with E-state index in [0.29, 0.717) is 40.7 Å². The number of rotatable bonds is 11. The van der Waals surface area contributed by atoms with Crippen molar-refractivity contribution in [2.24, 2.45) is 0 Å². The summed E-state index contributed by atoms with van der Waals surface area (Å²) in [4.78, 5) is 26.6. The number of aromatic nitrogens is 7. The second-order valence-corrected chi connectivity index (χ2v) is 10.9. The summed E-state index contributed by atoms with van der Waals surface area (Å²) >= 11 is 0. The van der Waals surface area contributed by atoms with Gasteiger partial charge < -0.3 is 20.1 Å². The zero-order chi connectivity index (χ0) is 32.9. The van der Waals surface area contributed by atoms with Crippen LogP contribution >= 0.6 is 0 Å². The van der Waals surface area contributed by atoms with Gasteiger partial charge in [0.1, 0.15) is 11.6 Å². The molecule has 0 atom stereocenters. The maximum Gasteiger partial charge on any atom is 0.324 e. The number of H-pyrrole nitrogens is 1. The minimum absolute atomic E-state index is 0.362. The molecule has 4 N–H and O–H groups in total. The van der Waals surface area contributed by atoms with E-state index in [-0.39, 0.29) is 0 Å². The maximum absolute atomic E-state index is 13.4. The minimum Gasteiger partial charge on any atom is -0.481 e. The Hall–Kier alpha value is -6.50. The second-order valence-electron chi connectivity index (χ2n) is 10.9. The van der Waals surface area contributed by atoms with Gasteiger partial charge in [0, 0.05) is 46.2 Å². The van der Waals surface area contributed by atoms with E-state index in [9.17, 15) is 4.79 Å². The van der Waals surface area contributed by atoms with Gasteiger partial charge in [0.15, 0.2) is 0 Å². The Morgan fingerprint density at radius 2 is 1.81 bits per heavy atom. The molecule has 0 aliphatic carbocycles. The lowest BCUT2D eigenvalue weighted by Crippen LogP contribution is -2.21. The smallest absolute Gasteiger partial charge is 0.324 e. The number of nitrogens with one attached hydrogen (secondary N) is 4. The third-order valence-electron chi connectivity index (χ3n) is 7.64. The van der Waals surface area contributed by atoms with Crippen LogP contribution in [0.1, 0.15) is 25.5 Å². The molecule has 0 aliphatic rings. The summed E-state index contributed by atoms with van der Waals surface area (Å²) in [6.07, 6.45) is 7.85. The number of hydrogen-bond acceptors (Lipinski definition) is 9. The molecule has 0 saturated heterocycles. The van der Waals surface area contributed by atoms with E-state index in [4.69, 9.17) is 14.6 Å². The number of anilines is 4. The first-order valence-electron chi connectivity index (χ1n) is 15.5. The highest BCUT2D eigenvalue weighted by molar-refractivity contribution is 6.07. The molecule has 4 heterocycles. The summed E-state index contributed by atoms with van der Waals surface area (Å²) in [6, 6.07) is 23.8. The Kier molecular flexibility index (Phi) is 8.46. The average molecular weight is 641 g/mol. The molecule has 7 aromatic rings. The van der Waals surface area contributed by atoms with Crippen molar-refractivity contribution in [3.63, 3.8) is 0 Å². The SMILES string of the molecule is CCCCc1cc(NC(=O)Nc2ccc(Oc3ccnc(Nc4ccc5[nH]ncc5c4)n3)c3ccccc23)n(-c2ccc(OC)nc2)n1. The average Bonchev–Trinajstić information content (AvgIpc) is 3.75. The summed E-state index contributed by atoms with van der Waals surface area (Å²) < 4.78 is 13.1. The van der Waals surface area contributed by atoms with Crippen LogP contribution in [0.25, 0.3) is 27.4 Å². The molecule has 13 nitrogen and oxygen atoms in total. The second kappa shape index (κ2) is 13.5. The molecular weight excluding hydrogens is 608 g/mol. The molecule has 48 heavy (non-hydrogen) atoms. The lowest BCUT2D eigenvalue weighted by atomic mass is 10.1. The van der Waals surface area contributed by atoms with Gasteiger partial charge in [-0.3, -0.25) is 10.4 Å². The highest BCUT2D eigenvalue weighted by Crippen LogP contribution is 2.34. The Labute approximate surface area is 275 Å². The number of nitrogens with zero attached hydrogens (tertiary/aromatic N) is 6. The lowest BCUT2D eigenvalue weighted by Gasteiger charge is -2.14. The normalized spacial score (nSPS) is 11.0. The van der Waals surface area contributed by atoms with Gasteiger partial charge in [0.2, 0.25) is 17.7 Å². The Morgan fingerprint density at radius 3 is 2.65 bits per heavy atom. The quantitative estimate of drug-likeness (QED) is 0.112. The highest BCUT2D eigenvalue weighted by atomic mass is 16.5. The maximum atomic E-state index is 13.4. The first-order chi connectivity index (χ1) is 23.6. The summed E-state index contributed by atoms with van der Waals surface area (Å²) in [5, 5.41) is 23.5. The number of aromatic amines is 1. The zero-order valence-electron chi connectivity index (χ0n) is 26.3. The third-order valence-corrected chi connectivity index (χ3v) is 7.64. The molecule has 0 fully saturated rings. The van der Waals surface area contributed by atoms with Crippen molar-refractivity contribution in [2.45, 2.75) is 26.2 Å². The van der Waals surface area contributed by atoms with Crippen LogP contribution in [0.3, 0.4) is 0 Å². The van der Waals surface area contributed by atoms with E-state index < -0.39 is 6.03 Å². The summed E-state index contributed by atoms with van der Waals surface area (Å²) in [5.41, 5.74) is 3.94. The highest BCUT2D eigenvalue weighted by Gasteiger charge is 2.16. The number of pyridine rings is 1. The van der Waals surface area contributed by atoms with Crippen LogP contribution in [0, 0.1) is 0 Å². The zero-order valence-corrected chi connectivity index (χ0v) is 26.3. The van der Waals surface area contributed by atoms with E-state index in [1.54, 1.807) is 54.6 Å². The van der Waals surface area contributed by atoms with Gasteiger partial charge in [-0.1, -0.05) is 37.6 Å². The number of methoxy groups -OCH3 is 1. The minimum atomic E-state index is -0.418. The number of carbonyl (C=O) groups excluding carboxylic acids is 1. The Morgan fingerprint density at radius 1 is 0.917 bits per heavy atom. The largest absolute Gasteiger partial charge is 0.481 e. The van der Waals surface area contributed by atoms with Crippen molar-refractivity contribution in [1.82, 2.24) is 34.9 Å². The molecule has 7 rings (SSSR count). The van der Waals surface area contributed by atoms with Gasteiger partial charge in [-0.05, 0) is 49.2 Å². The predicted molar refractivity (Wildman–Crippen MR) is 185 cm³/mol. The molecule has 3 aromatic carbocycles. The number of fused-ring (bicyclic) bond motifs is 2. The lowest BCUT2D eigenvalue weighted by molar-refractivity contribution is 0.262. The molecule has 0 spiro atoms. The predicted octanol–water partition coefficient (Wildman–Crippen LogP) is 7.62. The molecule has 0 bridgehead atoms. The molecular formula is C35H32N10O3. The molecule has 0 saturated carbocycles. The fourth-order valence-corrected chi connectivity index (χ4v) is 5.28. The van der Waals surface area contributed by atoms with Crippen molar-refractivity contribution < 1.29 is 14.3 Å². The first kappa shape index (κ1) is 30.2. The van der Waals surface area contributed by atoms with Gasteiger partial charge in [0.05, 0.1) is 42.1 Å². The summed E-state index contributed by atoms with van der Waals surface area (Å²) in [7, 11) is 1.56. The monoisotopic (exact) mass is 640 g/mol. The van der Waals surface area contributed by atoms with Crippen LogP contribution in [0.4, 0.5) is 27.9 Å². The van der Waals surface area contributed by atoms with Crippen LogP contribution in [0.5, 0.6) is 17.5 Å². The fourth-order valence-electron chi connectivity index (χ4n) is 5.28. The van der Waals surface area contributed by atoms with Crippen LogP contribution in [0.2, 0.25) is 0 Å². The topological polar surface area (TPSA) is 157 Å². The number of carbonyl (C=O) groups is 1. The molecule has 0 radical (unpaired) electrons. The van der Waals surface area contributed by atoms with E-state index in [2.05, 4.69) is 48.0 Å². The first-order valence-corrected chi connectivity index (χ1v) is 15.5. The molecule has 240 valence electrons. The van der Waals surface area contributed by atoms with Gasteiger partial charge in [-0.25, -0.2) is 19.4 Å². The van der Waals surface area contributed by atoms with Crippen LogP contribution in [-0.4, -0.2) is 48.1 Å². The van der Waals surface area contributed by atoms with E-state index in [1.807, 2.05) is 54.6 Å². The van der Waals surface area contributed by atoms with Crippen molar-refractivity contribution in [3.05, 3.63) is 103 Å². The number of ether oxygens (including phenoxy) is 2. The number of aryl methyl sites for hydroxylation is 1. The molecule has 0 aliphatic heterocycles. The van der Waals surface area contributed by atoms with Crippen LogP contribution in [0.15, 0.2) is 97.5 Å². The van der Waals surface area contributed by atoms with Gasteiger partial charge in [-0.2, -0.15) is 15.2 Å². The van der Waals surface area contributed by atoms with E-state index in [1.165, 1.54) is 0 Å². The van der Waals surface area contributed by atoms with Crippen molar-refractivity contribution in [2.75, 3.05) is 23.1 Å². The number of amides is 2. The number of hydrogen-bond donors (Lipinski definition) is 4. The van der Waals surface area contributed by atoms with Crippen molar-refractivity contribution in [1.29, 1.82) is 0 Å². The number of urea groups is 1.